The lowest BCUT2D eigenvalue weighted by atomic mass is 10.1. The standard InChI is InChI=1S/C15H25NO3/c1-4-16-13(2)14-5-7-15(8-6-14)19-12-11-18-10-9-17-3/h5-8,13,16H,4,9-12H2,1-3H3. The first-order valence-corrected chi connectivity index (χ1v) is 6.80. The summed E-state index contributed by atoms with van der Waals surface area (Å²) in [6, 6.07) is 8.55. The lowest BCUT2D eigenvalue weighted by molar-refractivity contribution is 0.0544. The molecule has 1 atom stereocenters. The van der Waals surface area contributed by atoms with Crippen molar-refractivity contribution in [2.45, 2.75) is 19.9 Å². The quantitative estimate of drug-likeness (QED) is 0.661. The van der Waals surface area contributed by atoms with Crippen molar-refractivity contribution in [3.05, 3.63) is 29.8 Å². The Kier molecular flexibility index (Phi) is 8.21. The molecule has 1 unspecified atom stereocenters. The van der Waals surface area contributed by atoms with E-state index in [9.17, 15) is 0 Å². The van der Waals surface area contributed by atoms with Gasteiger partial charge in [0.2, 0.25) is 0 Å². The molecule has 4 heteroatoms. The molecule has 1 aromatic carbocycles. The first-order chi connectivity index (χ1) is 9.27. The first-order valence-electron chi connectivity index (χ1n) is 6.80. The molecule has 0 spiro atoms. The van der Waals surface area contributed by atoms with Crippen molar-refractivity contribution in [1.29, 1.82) is 0 Å². The van der Waals surface area contributed by atoms with Crippen LogP contribution >= 0.6 is 0 Å². The van der Waals surface area contributed by atoms with Gasteiger partial charge < -0.3 is 19.5 Å². The van der Waals surface area contributed by atoms with Gasteiger partial charge >= 0.3 is 0 Å². The minimum absolute atomic E-state index is 0.372. The van der Waals surface area contributed by atoms with E-state index in [2.05, 4.69) is 31.3 Å². The summed E-state index contributed by atoms with van der Waals surface area (Å²) in [6.07, 6.45) is 0. The Morgan fingerprint density at radius 2 is 1.74 bits per heavy atom. The summed E-state index contributed by atoms with van der Waals surface area (Å²) in [6.45, 7) is 7.61. The molecule has 0 aliphatic rings. The van der Waals surface area contributed by atoms with Crippen molar-refractivity contribution < 1.29 is 14.2 Å². The van der Waals surface area contributed by atoms with Crippen LogP contribution in [0, 0.1) is 0 Å². The summed E-state index contributed by atoms with van der Waals surface area (Å²) >= 11 is 0. The predicted octanol–water partition coefficient (Wildman–Crippen LogP) is 2.40. The second-order valence-corrected chi connectivity index (χ2v) is 4.30. The van der Waals surface area contributed by atoms with E-state index < -0.39 is 0 Å². The summed E-state index contributed by atoms with van der Waals surface area (Å²) in [5.74, 6) is 0.878. The molecule has 0 bridgehead atoms. The largest absolute Gasteiger partial charge is 0.491 e. The van der Waals surface area contributed by atoms with E-state index in [4.69, 9.17) is 14.2 Å². The fourth-order valence-corrected chi connectivity index (χ4v) is 1.74. The number of hydrogen-bond acceptors (Lipinski definition) is 4. The van der Waals surface area contributed by atoms with Gasteiger partial charge in [0.1, 0.15) is 12.4 Å². The summed E-state index contributed by atoms with van der Waals surface area (Å²) < 4.78 is 15.8. The van der Waals surface area contributed by atoms with Crippen molar-refractivity contribution in [2.75, 3.05) is 40.1 Å². The van der Waals surface area contributed by atoms with Crippen molar-refractivity contribution in [3.63, 3.8) is 0 Å². The third-order valence-corrected chi connectivity index (χ3v) is 2.82. The fraction of sp³-hybridized carbons (Fsp3) is 0.600. The lowest BCUT2D eigenvalue weighted by Gasteiger charge is -2.13. The van der Waals surface area contributed by atoms with Crippen molar-refractivity contribution >= 4 is 0 Å². The summed E-state index contributed by atoms with van der Waals surface area (Å²) in [5.41, 5.74) is 1.27. The number of methoxy groups -OCH3 is 1. The second kappa shape index (κ2) is 9.78. The van der Waals surface area contributed by atoms with Crippen LogP contribution in [0.15, 0.2) is 24.3 Å². The molecule has 0 heterocycles. The van der Waals surface area contributed by atoms with Gasteiger partial charge in [-0.05, 0) is 31.2 Å². The molecule has 1 rings (SSSR count). The van der Waals surface area contributed by atoms with E-state index in [0.717, 1.165) is 12.3 Å². The highest BCUT2D eigenvalue weighted by atomic mass is 16.5. The van der Waals surface area contributed by atoms with Gasteiger partial charge in [0, 0.05) is 13.2 Å². The zero-order chi connectivity index (χ0) is 13.9. The molecule has 1 aromatic rings. The van der Waals surface area contributed by atoms with Gasteiger partial charge in [0.25, 0.3) is 0 Å². The zero-order valence-corrected chi connectivity index (χ0v) is 12.1. The van der Waals surface area contributed by atoms with Crippen molar-refractivity contribution in [3.8, 4) is 5.75 Å². The minimum Gasteiger partial charge on any atom is -0.491 e. The van der Waals surface area contributed by atoms with Crippen LogP contribution in [0.25, 0.3) is 0 Å². The molecule has 0 aliphatic heterocycles. The van der Waals surface area contributed by atoms with Crippen LogP contribution in [0.4, 0.5) is 0 Å². The molecule has 0 saturated heterocycles. The number of ether oxygens (including phenoxy) is 3. The van der Waals surface area contributed by atoms with Gasteiger partial charge in [0.05, 0.1) is 19.8 Å². The Morgan fingerprint density at radius 3 is 2.37 bits per heavy atom. The predicted molar refractivity (Wildman–Crippen MR) is 76.7 cm³/mol. The summed E-state index contributed by atoms with van der Waals surface area (Å²) in [5, 5.41) is 3.38. The molecule has 4 nitrogen and oxygen atoms in total. The SMILES string of the molecule is CCNC(C)c1ccc(OCCOCCOC)cc1. The maximum Gasteiger partial charge on any atom is 0.119 e. The van der Waals surface area contributed by atoms with Crippen LogP contribution in [-0.4, -0.2) is 40.1 Å². The lowest BCUT2D eigenvalue weighted by Crippen LogP contribution is -2.17. The maximum atomic E-state index is 5.59. The molecule has 19 heavy (non-hydrogen) atoms. The van der Waals surface area contributed by atoms with Gasteiger partial charge in [-0.1, -0.05) is 19.1 Å². The third-order valence-electron chi connectivity index (χ3n) is 2.82. The van der Waals surface area contributed by atoms with Crippen LogP contribution in [0.5, 0.6) is 5.75 Å². The number of benzene rings is 1. The Balaban J connectivity index is 2.24. The number of rotatable bonds is 10. The average molecular weight is 267 g/mol. The Bertz CT molecular complexity index is 327. The van der Waals surface area contributed by atoms with Crippen LogP contribution in [0.2, 0.25) is 0 Å². The molecular formula is C15H25NO3. The second-order valence-electron chi connectivity index (χ2n) is 4.30. The normalized spacial score (nSPS) is 12.4. The molecule has 0 fully saturated rings. The molecule has 0 saturated carbocycles. The highest BCUT2D eigenvalue weighted by Gasteiger charge is 2.03. The number of hydrogen-bond donors (Lipinski definition) is 1. The maximum absolute atomic E-state index is 5.59. The Labute approximate surface area is 116 Å². The number of nitrogens with one attached hydrogen (secondary N) is 1. The summed E-state index contributed by atoms with van der Waals surface area (Å²) in [7, 11) is 1.66. The van der Waals surface area contributed by atoms with Crippen LogP contribution in [-0.2, 0) is 9.47 Å². The molecule has 1 N–H and O–H groups in total. The highest BCUT2D eigenvalue weighted by molar-refractivity contribution is 5.28. The highest BCUT2D eigenvalue weighted by Crippen LogP contribution is 2.17. The third kappa shape index (κ3) is 6.57. The summed E-state index contributed by atoms with van der Waals surface area (Å²) in [4.78, 5) is 0. The van der Waals surface area contributed by atoms with E-state index in [0.29, 0.717) is 32.5 Å². The van der Waals surface area contributed by atoms with E-state index in [1.54, 1.807) is 7.11 Å². The van der Waals surface area contributed by atoms with E-state index >= 15 is 0 Å². The van der Waals surface area contributed by atoms with Gasteiger partial charge in [-0.2, -0.15) is 0 Å². The smallest absolute Gasteiger partial charge is 0.119 e. The van der Waals surface area contributed by atoms with Crippen LogP contribution < -0.4 is 10.1 Å². The molecule has 108 valence electrons. The molecule has 0 aromatic heterocycles. The zero-order valence-electron chi connectivity index (χ0n) is 12.1. The molecule has 0 amide bonds. The van der Waals surface area contributed by atoms with Gasteiger partial charge in [-0.15, -0.1) is 0 Å². The molecule has 0 radical (unpaired) electrons. The topological polar surface area (TPSA) is 39.7 Å². The monoisotopic (exact) mass is 267 g/mol. The van der Waals surface area contributed by atoms with E-state index in [1.165, 1.54) is 5.56 Å². The Hall–Kier alpha value is -1.10. The van der Waals surface area contributed by atoms with Crippen molar-refractivity contribution in [2.24, 2.45) is 0 Å². The van der Waals surface area contributed by atoms with Gasteiger partial charge in [-0.3, -0.25) is 0 Å². The average Bonchev–Trinajstić information content (AvgIpc) is 2.43. The first kappa shape index (κ1) is 16.0. The van der Waals surface area contributed by atoms with Crippen molar-refractivity contribution in [1.82, 2.24) is 5.32 Å². The van der Waals surface area contributed by atoms with E-state index in [-0.39, 0.29) is 0 Å². The van der Waals surface area contributed by atoms with Crippen LogP contribution in [0.1, 0.15) is 25.5 Å². The van der Waals surface area contributed by atoms with Crippen LogP contribution in [0.3, 0.4) is 0 Å². The van der Waals surface area contributed by atoms with Gasteiger partial charge in [0.15, 0.2) is 0 Å². The minimum atomic E-state index is 0.372. The fourth-order valence-electron chi connectivity index (χ4n) is 1.74. The van der Waals surface area contributed by atoms with E-state index in [1.807, 2.05) is 12.1 Å². The molecular weight excluding hydrogens is 242 g/mol. The Morgan fingerprint density at radius 1 is 1.05 bits per heavy atom. The van der Waals surface area contributed by atoms with Gasteiger partial charge in [-0.25, -0.2) is 0 Å². The molecule has 0 aliphatic carbocycles.